The number of benzene rings is 1. The van der Waals surface area contributed by atoms with Crippen molar-refractivity contribution in [3.63, 3.8) is 0 Å². The lowest BCUT2D eigenvalue weighted by Crippen LogP contribution is -2.49. The Kier molecular flexibility index (Phi) is 4.57. The Morgan fingerprint density at radius 2 is 2.08 bits per heavy atom. The Morgan fingerprint density at radius 3 is 2.80 bits per heavy atom. The predicted molar refractivity (Wildman–Crippen MR) is 95.2 cm³/mol. The normalized spacial score (nSPS) is 24.2. The number of hydrogen-bond donors (Lipinski definition) is 1. The zero-order valence-corrected chi connectivity index (χ0v) is 14.6. The van der Waals surface area contributed by atoms with Gasteiger partial charge in [0, 0.05) is 37.7 Å². The Balaban J connectivity index is 1.30. The zero-order valence-electron chi connectivity index (χ0n) is 14.6. The van der Waals surface area contributed by atoms with Gasteiger partial charge in [-0.25, -0.2) is 0 Å². The number of hydrogen-bond acceptors (Lipinski definition) is 4. The predicted octanol–water partition coefficient (Wildman–Crippen LogP) is 3.19. The highest BCUT2D eigenvalue weighted by Crippen LogP contribution is 2.40. The number of amides is 1. The van der Waals surface area contributed by atoms with Crippen molar-refractivity contribution in [1.29, 1.82) is 0 Å². The van der Waals surface area contributed by atoms with Crippen LogP contribution in [0.25, 0.3) is 0 Å². The third-order valence-electron chi connectivity index (χ3n) is 5.30. The molecule has 1 amide bonds. The van der Waals surface area contributed by atoms with E-state index in [-0.39, 0.29) is 11.9 Å². The molecule has 1 aliphatic carbocycles. The van der Waals surface area contributed by atoms with Crippen molar-refractivity contribution in [2.75, 3.05) is 13.1 Å². The van der Waals surface area contributed by atoms with Crippen LogP contribution in [0.15, 0.2) is 40.9 Å². The molecule has 2 aromatic rings. The van der Waals surface area contributed by atoms with Crippen LogP contribution < -0.4 is 5.32 Å². The molecule has 1 saturated heterocycles. The first-order valence-corrected chi connectivity index (χ1v) is 9.23. The fraction of sp³-hybridized carbons (Fsp3) is 0.500. The van der Waals surface area contributed by atoms with Gasteiger partial charge < -0.3 is 9.84 Å². The summed E-state index contributed by atoms with van der Waals surface area (Å²) >= 11 is 0. The second-order valence-electron chi connectivity index (χ2n) is 7.46. The van der Waals surface area contributed by atoms with Crippen molar-refractivity contribution in [3.8, 4) is 0 Å². The molecule has 2 heterocycles. The van der Waals surface area contributed by atoms with Crippen molar-refractivity contribution >= 4 is 5.91 Å². The molecule has 5 heteroatoms. The molecule has 4 rings (SSSR count). The van der Waals surface area contributed by atoms with Crippen LogP contribution in [-0.4, -0.2) is 35.1 Å². The minimum Gasteiger partial charge on any atom is -0.360 e. The fourth-order valence-electron chi connectivity index (χ4n) is 3.63. The summed E-state index contributed by atoms with van der Waals surface area (Å²) in [7, 11) is 0. The first-order valence-electron chi connectivity index (χ1n) is 9.23. The maximum Gasteiger partial charge on any atom is 0.273 e. The summed E-state index contributed by atoms with van der Waals surface area (Å²) in [5, 5.41) is 7.10. The minimum atomic E-state index is -0.107. The lowest BCUT2D eigenvalue weighted by molar-refractivity contribution is 0.0851. The molecule has 0 spiro atoms. The number of nitrogens with zero attached hydrogens (tertiary/aromatic N) is 2. The largest absolute Gasteiger partial charge is 0.360 e. The average molecular weight is 339 g/mol. The number of rotatable bonds is 5. The summed E-state index contributed by atoms with van der Waals surface area (Å²) in [6, 6.07) is 12.6. The summed E-state index contributed by atoms with van der Waals surface area (Å²) in [6.07, 6.45) is 3.26. The van der Waals surface area contributed by atoms with Crippen LogP contribution in [0.3, 0.4) is 0 Å². The van der Waals surface area contributed by atoms with Crippen LogP contribution in [0.5, 0.6) is 0 Å². The van der Waals surface area contributed by atoms with Crippen molar-refractivity contribution in [1.82, 2.24) is 15.4 Å². The lowest BCUT2D eigenvalue weighted by atomic mass is 9.93. The lowest BCUT2D eigenvalue weighted by Gasteiger charge is -2.37. The SMILES string of the molecule is CC1CN(Cc2ccccc2)CCC1NC(=O)c1cc(C2CC2)on1. The van der Waals surface area contributed by atoms with E-state index in [1.807, 2.05) is 12.1 Å². The van der Waals surface area contributed by atoms with Gasteiger partial charge in [-0.15, -0.1) is 0 Å². The van der Waals surface area contributed by atoms with E-state index in [0.717, 1.165) is 44.7 Å². The summed E-state index contributed by atoms with van der Waals surface area (Å²) < 4.78 is 5.29. The molecule has 132 valence electrons. The third-order valence-corrected chi connectivity index (χ3v) is 5.30. The minimum absolute atomic E-state index is 0.107. The van der Waals surface area contributed by atoms with E-state index >= 15 is 0 Å². The summed E-state index contributed by atoms with van der Waals surface area (Å²) in [4.78, 5) is 14.9. The second kappa shape index (κ2) is 7.00. The van der Waals surface area contributed by atoms with Gasteiger partial charge in [0.25, 0.3) is 5.91 Å². The van der Waals surface area contributed by atoms with Gasteiger partial charge in [0.05, 0.1) is 0 Å². The first kappa shape index (κ1) is 16.3. The van der Waals surface area contributed by atoms with Crippen molar-refractivity contribution in [3.05, 3.63) is 53.4 Å². The molecule has 0 radical (unpaired) electrons. The molecule has 2 aliphatic rings. The summed E-state index contributed by atoms with van der Waals surface area (Å²) in [5.74, 6) is 1.64. The number of carbonyl (C=O) groups is 1. The highest BCUT2D eigenvalue weighted by atomic mass is 16.5. The maximum absolute atomic E-state index is 12.4. The highest BCUT2D eigenvalue weighted by Gasteiger charge is 2.31. The van der Waals surface area contributed by atoms with Crippen LogP contribution in [0, 0.1) is 5.92 Å². The van der Waals surface area contributed by atoms with Gasteiger partial charge in [-0.3, -0.25) is 9.69 Å². The molecular formula is C20H25N3O2. The van der Waals surface area contributed by atoms with Crippen LogP contribution in [0.4, 0.5) is 0 Å². The molecule has 1 saturated carbocycles. The number of piperidine rings is 1. The van der Waals surface area contributed by atoms with Crippen LogP contribution in [0.2, 0.25) is 0 Å². The molecule has 1 N–H and O–H groups in total. The molecule has 25 heavy (non-hydrogen) atoms. The third kappa shape index (κ3) is 3.93. The smallest absolute Gasteiger partial charge is 0.273 e. The molecule has 5 nitrogen and oxygen atoms in total. The van der Waals surface area contributed by atoms with Crippen molar-refractivity contribution in [2.45, 2.75) is 44.7 Å². The Bertz CT molecular complexity index is 724. The molecule has 0 bridgehead atoms. The molecule has 1 aromatic heterocycles. The monoisotopic (exact) mass is 339 g/mol. The van der Waals surface area contributed by atoms with Gasteiger partial charge in [-0.2, -0.15) is 0 Å². The molecule has 1 aromatic carbocycles. The Morgan fingerprint density at radius 1 is 1.28 bits per heavy atom. The van der Waals surface area contributed by atoms with E-state index in [1.54, 1.807) is 0 Å². The summed E-state index contributed by atoms with van der Waals surface area (Å²) in [5.41, 5.74) is 1.76. The molecule has 2 unspecified atom stereocenters. The van der Waals surface area contributed by atoms with Gasteiger partial charge in [0.1, 0.15) is 5.76 Å². The van der Waals surface area contributed by atoms with E-state index in [4.69, 9.17) is 4.52 Å². The topological polar surface area (TPSA) is 58.4 Å². The van der Waals surface area contributed by atoms with E-state index in [9.17, 15) is 4.79 Å². The van der Waals surface area contributed by atoms with Gasteiger partial charge in [-0.1, -0.05) is 42.4 Å². The fourth-order valence-corrected chi connectivity index (χ4v) is 3.63. The zero-order chi connectivity index (χ0) is 17.2. The molecule has 1 aliphatic heterocycles. The number of carbonyl (C=O) groups excluding carboxylic acids is 1. The van der Waals surface area contributed by atoms with Gasteiger partial charge >= 0.3 is 0 Å². The molecule has 2 atom stereocenters. The van der Waals surface area contributed by atoms with Crippen molar-refractivity contribution in [2.24, 2.45) is 5.92 Å². The van der Waals surface area contributed by atoms with E-state index in [1.165, 1.54) is 5.56 Å². The Hall–Kier alpha value is -2.14. The molecular weight excluding hydrogens is 314 g/mol. The van der Waals surface area contributed by atoms with Crippen LogP contribution >= 0.6 is 0 Å². The van der Waals surface area contributed by atoms with Gasteiger partial charge in [0.15, 0.2) is 5.69 Å². The maximum atomic E-state index is 12.4. The quantitative estimate of drug-likeness (QED) is 0.909. The van der Waals surface area contributed by atoms with E-state index in [0.29, 0.717) is 17.5 Å². The number of aromatic nitrogens is 1. The van der Waals surface area contributed by atoms with Gasteiger partial charge in [-0.05, 0) is 30.7 Å². The second-order valence-corrected chi connectivity index (χ2v) is 7.46. The Labute approximate surface area is 148 Å². The van der Waals surface area contributed by atoms with Crippen molar-refractivity contribution < 1.29 is 9.32 Å². The standard InChI is InChI=1S/C20H25N3O2/c1-14-12-23(13-15-5-3-2-4-6-15)10-9-17(14)21-20(24)18-11-19(25-22-18)16-7-8-16/h2-6,11,14,16-17H,7-10,12-13H2,1H3,(H,21,24). The molecule has 2 fully saturated rings. The highest BCUT2D eigenvalue weighted by molar-refractivity contribution is 5.92. The van der Waals surface area contributed by atoms with Crippen LogP contribution in [-0.2, 0) is 6.54 Å². The van der Waals surface area contributed by atoms with Gasteiger partial charge in [0.2, 0.25) is 0 Å². The summed E-state index contributed by atoms with van der Waals surface area (Å²) in [6.45, 7) is 5.17. The number of likely N-dealkylation sites (tertiary alicyclic amines) is 1. The first-order chi connectivity index (χ1) is 12.2. The average Bonchev–Trinajstić information content (AvgIpc) is 3.35. The van der Waals surface area contributed by atoms with E-state index < -0.39 is 0 Å². The number of nitrogens with one attached hydrogen (secondary N) is 1. The van der Waals surface area contributed by atoms with E-state index in [2.05, 4.69) is 46.6 Å². The van der Waals surface area contributed by atoms with Crippen LogP contribution in [0.1, 0.15) is 53.9 Å².